The van der Waals surface area contributed by atoms with Crippen molar-refractivity contribution in [2.75, 3.05) is 6.54 Å². The zero-order chi connectivity index (χ0) is 27.5. The van der Waals surface area contributed by atoms with Gasteiger partial charge in [0.25, 0.3) is 11.5 Å². The second-order valence-electron chi connectivity index (χ2n) is 9.43. The van der Waals surface area contributed by atoms with E-state index in [0.29, 0.717) is 40.4 Å². The van der Waals surface area contributed by atoms with Gasteiger partial charge in [-0.15, -0.1) is 0 Å². The molecule has 4 aromatic carbocycles. The Morgan fingerprint density at radius 2 is 1.69 bits per heavy atom. The van der Waals surface area contributed by atoms with E-state index in [2.05, 4.69) is 0 Å². The summed E-state index contributed by atoms with van der Waals surface area (Å²) < 4.78 is 15.7. The normalized spacial score (nSPS) is 11.9. The van der Waals surface area contributed by atoms with E-state index < -0.39 is 11.9 Å². The summed E-state index contributed by atoms with van der Waals surface area (Å²) in [4.78, 5) is 34.4. The Labute approximate surface area is 231 Å². The van der Waals surface area contributed by atoms with E-state index in [0.717, 1.165) is 11.1 Å². The van der Waals surface area contributed by atoms with Crippen molar-refractivity contribution in [1.82, 2.24) is 14.5 Å². The summed E-state index contributed by atoms with van der Waals surface area (Å²) in [6.07, 6.45) is 0.570. The third-order valence-electron chi connectivity index (χ3n) is 6.94. The summed E-state index contributed by atoms with van der Waals surface area (Å²) in [5.41, 5.74) is 2.86. The van der Waals surface area contributed by atoms with Crippen LogP contribution in [0.15, 0.2) is 102 Å². The summed E-state index contributed by atoms with van der Waals surface area (Å²) in [6, 6.07) is 27.3. The van der Waals surface area contributed by atoms with Crippen LogP contribution in [0.4, 0.5) is 4.39 Å². The van der Waals surface area contributed by atoms with Crippen LogP contribution in [0.2, 0.25) is 5.02 Å². The summed E-state index contributed by atoms with van der Waals surface area (Å²) in [5.74, 6) is -0.455. The highest BCUT2D eigenvalue weighted by Crippen LogP contribution is 2.28. The quantitative estimate of drug-likeness (QED) is 0.225. The standard InChI is InChI=1S/C32H27ClFN3O2/c1-21-27(33)15-9-17-29(21)37-30(35-28-16-7-6-14-26(28)32(37)39)22(2)36(19-18-23-10-4-3-5-11-23)31(38)24-12-8-13-25(34)20-24/h3-17,20,22H,18-19H2,1-2H3. The molecule has 0 aliphatic heterocycles. The van der Waals surface area contributed by atoms with Gasteiger partial charge in [0.15, 0.2) is 0 Å². The molecule has 5 nitrogen and oxygen atoms in total. The lowest BCUT2D eigenvalue weighted by Crippen LogP contribution is -2.39. The van der Waals surface area contributed by atoms with E-state index in [-0.39, 0.29) is 17.0 Å². The fraction of sp³-hybridized carbons (Fsp3) is 0.156. The van der Waals surface area contributed by atoms with Crippen LogP contribution in [0.5, 0.6) is 0 Å². The van der Waals surface area contributed by atoms with Crippen LogP contribution >= 0.6 is 11.6 Å². The Balaban J connectivity index is 1.68. The molecule has 0 aliphatic carbocycles. The van der Waals surface area contributed by atoms with Gasteiger partial charge in [-0.1, -0.05) is 66.2 Å². The van der Waals surface area contributed by atoms with Gasteiger partial charge >= 0.3 is 0 Å². The molecule has 0 bridgehead atoms. The van der Waals surface area contributed by atoms with E-state index in [9.17, 15) is 14.0 Å². The van der Waals surface area contributed by atoms with Gasteiger partial charge in [0, 0.05) is 17.1 Å². The highest BCUT2D eigenvalue weighted by atomic mass is 35.5. The molecule has 7 heteroatoms. The van der Waals surface area contributed by atoms with Gasteiger partial charge in [0.05, 0.1) is 22.6 Å². The Kier molecular flexibility index (Phi) is 7.57. The maximum Gasteiger partial charge on any atom is 0.266 e. The first-order chi connectivity index (χ1) is 18.8. The van der Waals surface area contributed by atoms with Gasteiger partial charge in [-0.3, -0.25) is 14.2 Å². The topological polar surface area (TPSA) is 55.2 Å². The van der Waals surface area contributed by atoms with E-state index in [1.807, 2.05) is 56.3 Å². The van der Waals surface area contributed by atoms with Gasteiger partial charge in [0.2, 0.25) is 0 Å². The number of hydrogen-bond donors (Lipinski definition) is 0. The molecule has 0 radical (unpaired) electrons. The SMILES string of the molecule is Cc1c(Cl)cccc1-n1c(C(C)N(CCc2ccccc2)C(=O)c2cccc(F)c2)nc2ccccc2c1=O. The number of carbonyl (C=O) groups is 1. The molecule has 5 aromatic rings. The molecule has 196 valence electrons. The fourth-order valence-electron chi connectivity index (χ4n) is 4.79. The number of hydrogen-bond acceptors (Lipinski definition) is 3. The minimum atomic E-state index is -0.639. The molecule has 1 amide bonds. The predicted octanol–water partition coefficient (Wildman–Crippen LogP) is 6.93. The first-order valence-electron chi connectivity index (χ1n) is 12.7. The maximum atomic E-state index is 14.1. The highest BCUT2D eigenvalue weighted by Gasteiger charge is 2.28. The van der Waals surface area contributed by atoms with Crippen molar-refractivity contribution >= 4 is 28.4 Å². The van der Waals surface area contributed by atoms with Crippen LogP contribution < -0.4 is 5.56 Å². The average molecular weight is 540 g/mol. The molecule has 0 N–H and O–H groups in total. The van der Waals surface area contributed by atoms with E-state index in [4.69, 9.17) is 16.6 Å². The van der Waals surface area contributed by atoms with Gasteiger partial charge in [0.1, 0.15) is 11.6 Å². The fourth-order valence-corrected chi connectivity index (χ4v) is 4.96. The molecule has 1 aromatic heterocycles. The molecule has 0 spiro atoms. The van der Waals surface area contributed by atoms with Crippen molar-refractivity contribution in [2.24, 2.45) is 0 Å². The van der Waals surface area contributed by atoms with E-state index >= 15 is 0 Å². The van der Waals surface area contributed by atoms with Crippen LogP contribution in [0.1, 0.15) is 40.3 Å². The first kappa shape index (κ1) is 26.3. The molecule has 39 heavy (non-hydrogen) atoms. The van der Waals surface area contributed by atoms with Crippen LogP contribution in [0.25, 0.3) is 16.6 Å². The number of para-hydroxylation sites is 1. The Morgan fingerprint density at radius 1 is 0.974 bits per heavy atom. The highest BCUT2D eigenvalue weighted by molar-refractivity contribution is 6.31. The molecular formula is C32H27ClFN3O2. The van der Waals surface area contributed by atoms with Crippen molar-refractivity contribution in [3.8, 4) is 5.69 Å². The van der Waals surface area contributed by atoms with Gasteiger partial charge in [-0.05, 0) is 73.9 Å². The van der Waals surface area contributed by atoms with E-state index in [1.54, 1.807) is 45.9 Å². The van der Waals surface area contributed by atoms with Crippen LogP contribution in [0.3, 0.4) is 0 Å². The molecule has 1 unspecified atom stereocenters. The van der Waals surface area contributed by atoms with Crippen molar-refractivity contribution in [3.63, 3.8) is 0 Å². The largest absolute Gasteiger partial charge is 0.328 e. The minimum Gasteiger partial charge on any atom is -0.328 e. The third-order valence-corrected chi connectivity index (χ3v) is 7.35. The van der Waals surface area contributed by atoms with Crippen LogP contribution in [-0.4, -0.2) is 26.9 Å². The van der Waals surface area contributed by atoms with Crippen molar-refractivity contribution in [3.05, 3.63) is 141 Å². The van der Waals surface area contributed by atoms with Crippen molar-refractivity contribution in [2.45, 2.75) is 26.3 Å². The number of rotatable bonds is 7. The Morgan fingerprint density at radius 3 is 2.46 bits per heavy atom. The number of carbonyl (C=O) groups excluding carboxylic acids is 1. The number of fused-ring (bicyclic) bond motifs is 1. The van der Waals surface area contributed by atoms with Crippen molar-refractivity contribution < 1.29 is 9.18 Å². The zero-order valence-electron chi connectivity index (χ0n) is 21.6. The lowest BCUT2D eigenvalue weighted by molar-refractivity contribution is 0.0683. The maximum absolute atomic E-state index is 14.1. The number of halogens is 2. The number of aromatic nitrogens is 2. The lowest BCUT2D eigenvalue weighted by atomic mass is 10.1. The smallest absolute Gasteiger partial charge is 0.266 e. The molecule has 0 aliphatic rings. The summed E-state index contributed by atoms with van der Waals surface area (Å²) >= 11 is 6.46. The molecule has 0 fully saturated rings. The van der Waals surface area contributed by atoms with Gasteiger partial charge in [-0.2, -0.15) is 0 Å². The molecule has 0 saturated heterocycles. The molecule has 5 rings (SSSR count). The lowest BCUT2D eigenvalue weighted by Gasteiger charge is -2.31. The minimum absolute atomic E-state index is 0.225. The Bertz CT molecular complexity index is 1720. The number of nitrogens with zero attached hydrogens (tertiary/aromatic N) is 3. The number of amides is 1. The Hall–Kier alpha value is -4.29. The summed E-state index contributed by atoms with van der Waals surface area (Å²) in [7, 11) is 0. The van der Waals surface area contributed by atoms with Crippen molar-refractivity contribution in [1.29, 1.82) is 0 Å². The first-order valence-corrected chi connectivity index (χ1v) is 13.1. The van der Waals surface area contributed by atoms with Gasteiger partial charge < -0.3 is 4.90 Å². The van der Waals surface area contributed by atoms with Crippen LogP contribution in [-0.2, 0) is 6.42 Å². The predicted molar refractivity (Wildman–Crippen MR) is 153 cm³/mol. The monoisotopic (exact) mass is 539 g/mol. The third kappa shape index (κ3) is 5.33. The van der Waals surface area contributed by atoms with E-state index in [1.165, 1.54) is 18.2 Å². The zero-order valence-corrected chi connectivity index (χ0v) is 22.4. The second-order valence-corrected chi connectivity index (χ2v) is 9.84. The molecule has 0 saturated carbocycles. The average Bonchev–Trinajstić information content (AvgIpc) is 2.95. The van der Waals surface area contributed by atoms with Gasteiger partial charge in [-0.25, -0.2) is 9.37 Å². The molecule has 1 heterocycles. The molecular weight excluding hydrogens is 513 g/mol. The summed E-state index contributed by atoms with van der Waals surface area (Å²) in [5, 5.41) is 0.975. The summed E-state index contributed by atoms with van der Waals surface area (Å²) in [6.45, 7) is 4.02. The second kappa shape index (κ2) is 11.2. The number of benzene rings is 4. The molecule has 1 atom stereocenters. The van der Waals surface area contributed by atoms with Crippen LogP contribution in [0, 0.1) is 12.7 Å².